The van der Waals surface area contributed by atoms with Crippen LogP contribution in [0, 0.1) is 13.0 Å². The number of rotatable bonds is 1. The van der Waals surface area contributed by atoms with Gasteiger partial charge in [0.2, 0.25) is 5.88 Å². The van der Waals surface area contributed by atoms with Crippen LogP contribution in [0.2, 0.25) is 0 Å². The fourth-order valence-electron chi connectivity index (χ4n) is 0.568. The van der Waals surface area contributed by atoms with E-state index in [4.69, 9.17) is 4.74 Å². The fourth-order valence-corrected chi connectivity index (χ4v) is 0.568. The summed E-state index contributed by atoms with van der Waals surface area (Å²) < 4.78 is 4.83. The van der Waals surface area contributed by atoms with Gasteiger partial charge < -0.3 is 4.74 Å². The van der Waals surface area contributed by atoms with Crippen LogP contribution in [0.5, 0.6) is 5.88 Å². The van der Waals surface area contributed by atoms with Crippen LogP contribution in [-0.4, -0.2) is 12.1 Å². The van der Waals surface area contributed by atoms with Crippen molar-refractivity contribution in [2.45, 2.75) is 6.92 Å². The summed E-state index contributed by atoms with van der Waals surface area (Å²) in [6, 6.07) is 6.50. The van der Waals surface area contributed by atoms with Crippen molar-refractivity contribution in [3.63, 3.8) is 0 Å². The number of hydrogen-bond donors (Lipinski definition) is 0. The summed E-state index contributed by atoms with van der Waals surface area (Å²) in [7, 11) is 1.58. The highest BCUT2D eigenvalue weighted by Gasteiger charge is 1.89. The van der Waals surface area contributed by atoms with Crippen molar-refractivity contribution in [1.29, 1.82) is 0 Å². The minimum atomic E-state index is 0.551. The molecule has 0 unspecified atom stereocenters. The van der Waals surface area contributed by atoms with E-state index in [0.29, 0.717) is 5.88 Å². The van der Waals surface area contributed by atoms with Crippen molar-refractivity contribution in [2.24, 2.45) is 0 Å². The van der Waals surface area contributed by atoms with Gasteiger partial charge in [0.05, 0.1) is 7.11 Å². The second kappa shape index (κ2) is 2.49. The van der Waals surface area contributed by atoms with Crippen LogP contribution >= 0.6 is 0 Å². The summed E-state index contributed by atoms with van der Waals surface area (Å²) in [6.07, 6.45) is 0. The zero-order valence-electron chi connectivity index (χ0n) is 5.51. The van der Waals surface area contributed by atoms with E-state index in [9.17, 15) is 0 Å². The fraction of sp³-hybridized carbons (Fsp3) is 0.286. The predicted octanol–water partition coefficient (Wildman–Crippen LogP) is 1.20. The second-order valence-corrected chi connectivity index (χ2v) is 1.74. The standard InChI is InChI=1S/C7H8NO/c1-6-4-3-5-7(8-6)9-2/h3-4H,1-2H3. The highest BCUT2D eigenvalue weighted by atomic mass is 16.5. The van der Waals surface area contributed by atoms with Crippen LogP contribution in [0.15, 0.2) is 12.1 Å². The first-order valence-electron chi connectivity index (χ1n) is 2.72. The molecule has 0 aliphatic rings. The molecule has 2 heteroatoms. The maximum Gasteiger partial charge on any atom is 0.221 e. The van der Waals surface area contributed by atoms with Crippen molar-refractivity contribution < 1.29 is 4.74 Å². The Kier molecular flexibility index (Phi) is 1.68. The molecule has 1 radical (unpaired) electrons. The van der Waals surface area contributed by atoms with E-state index in [2.05, 4.69) is 11.1 Å². The largest absolute Gasteiger partial charge is 0.481 e. The van der Waals surface area contributed by atoms with E-state index in [1.165, 1.54) is 0 Å². The molecular formula is C7H8NO. The summed E-state index contributed by atoms with van der Waals surface area (Å²) in [5, 5.41) is 0. The normalized spacial score (nSPS) is 9.11. The van der Waals surface area contributed by atoms with Crippen LogP contribution in [0.1, 0.15) is 5.69 Å². The van der Waals surface area contributed by atoms with Gasteiger partial charge in [-0.3, -0.25) is 0 Å². The van der Waals surface area contributed by atoms with Crippen LogP contribution in [-0.2, 0) is 0 Å². The van der Waals surface area contributed by atoms with Gasteiger partial charge in [-0.1, -0.05) is 0 Å². The average Bonchev–Trinajstić information content (AvgIpc) is 1.88. The molecule has 0 bridgehead atoms. The number of aryl methyl sites for hydroxylation is 1. The zero-order chi connectivity index (χ0) is 6.69. The molecule has 0 fully saturated rings. The molecule has 0 aliphatic carbocycles. The van der Waals surface area contributed by atoms with Gasteiger partial charge in [-0.25, -0.2) is 4.98 Å². The molecular weight excluding hydrogens is 114 g/mol. The zero-order valence-corrected chi connectivity index (χ0v) is 5.51. The van der Waals surface area contributed by atoms with Crippen molar-refractivity contribution in [3.8, 4) is 5.88 Å². The van der Waals surface area contributed by atoms with Gasteiger partial charge in [0, 0.05) is 11.8 Å². The summed E-state index contributed by atoms with van der Waals surface area (Å²) in [6.45, 7) is 1.91. The van der Waals surface area contributed by atoms with Gasteiger partial charge in [-0.2, -0.15) is 0 Å². The lowest BCUT2D eigenvalue weighted by molar-refractivity contribution is 0.396. The number of ether oxygens (including phenoxy) is 1. The quantitative estimate of drug-likeness (QED) is 0.558. The van der Waals surface area contributed by atoms with Crippen molar-refractivity contribution >= 4 is 0 Å². The molecule has 1 aromatic heterocycles. The number of pyridine rings is 1. The average molecular weight is 122 g/mol. The van der Waals surface area contributed by atoms with Gasteiger partial charge in [-0.05, 0) is 19.1 Å². The maximum absolute atomic E-state index is 4.83. The molecule has 1 heterocycles. The van der Waals surface area contributed by atoms with Crippen LogP contribution in [0.3, 0.4) is 0 Å². The monoisotopic (exact) mass is 122 g/mol. The van der Waals surface area contributed by atoms with E-state index < -0.39 is 0 Å². The Morgan fingerprint density at radius 3 is 2.89 bits per heavy atom. The molecule has 0 amide bonds. The first-order chi connectivity index (χ1) is 4.33. The molecule has 0 aromatic carbocycles. The molecule has 2 nitrogen and oxygen atoms in total. The van der Waals surface area contributed by atoms with Gasteiger partial charge in [0.15, 0.2) is 0 Å². The number of nitrogens with zero attached hydrogens (tertiary/aromatic N) is 1. The van der Waals surface area contributed by atoms with E-state index in [1.807, 2.05) is 13.0 Å². The first-order valence-corrected chi connectivity index (χ1v) is 2.72. The topological polar surface area (TPSA) is 22.1 Å². The number of hydrogen-bond acceptors (Lipinski definition) is 2. The van der Waals surface area contributed by atoms with E-state index in [-0.39, 0.29) is 0 Å². The van der Waals surface area contributed by atoms with Crippen molar-refractivity contribution in [1.82, 2.24) is 4.98 Å². The molecule has 0 spiro atoms. The Morgan fingerprint density at radius 1 is 1.67 bits per heavy atom. The molecule has 9 heavy (non-hydrogen) atoms. The minimum Gasteiger partial charge on any atom is -0.481 e. The van der Waals surface area contributed by atoms with Crippen molar-refractivity contribution in [3.05, 3.63) is 23.9 Å². The first kappa shape index (κ1) is 6.08. The molecule has 0 aliphatic heterocycles. The molecule has 1 aromatic rings. The lowest BCUT2D eigenvalue weighted by Crippen LogP contribution is -1.87. The summed E-state index contributed by atoms with van der Waals surface area (Å²) >= 11 is 0. The Morgan fingerprint density at radius 2 is 2.44 bits per heavy atom. The van der Waals surface area contributed by atoms with Gasteiger partial charge >= 0.3 is 0 Å². The highest BCUT2D eigenvalue weighted by molar-refractivity contribution is 5.12. The molecule has 0 atom stereocenters. The Balaban J connectivity index is 2.94. The van der Waals surface area contributed by atoms with Crippen LogP contribution < -0.4 is 4.74 Å². The van der Waals surface area contributed by atoms with Crippen molar-refractivity contribution in [2.75, 3.05) is 7.11 Å². The Bertz CT molecular complexity index is 198. The molecule has 0 saturated carbocycles. The van der Waals surface area contributed by atoms with E-state index in [0.717, 1.165) is 5.69 Å². The lowest BCUT2D eigenvalue weighted by Gasteiger charge is -1.95. The maximum atomic E-state index is 4.83. The lowest BCUT2D eigenvalue weighted by atomic mass is 10.4. The van der Waals surface area contributed by atoms with Gasteiger partial charge in [0.25, 0.3) is 0 Å². The highest BCUT2D eigenvalue weighted by Crippen LogP contribution is 2.03. The number of aromatic nitrogens is 1. The van der Waals surface area contributed by atoms with E-state index in [1.54, 1.807) is 13.2 Å². The molecule has 0 N–H and O–H groups in total. The minimum absolute atomic E-state index is 0.551. The van der Waals surface area contributed by atoms with Gasteiger partial charge in [0.1, 0.15) is 0 Å². The van der Waals surface area contributed by atoms with Crippen LogP contribution in [0.25, 0.3) is 0 Å². The van der Waals surface area contributed by atoms with Gasteiger partial charge in [-0.15, -0.1) is 0 Å². The summed E-state index contributed by atoms with van der Waals surface area (Å²) in [4.78, 5) is 4.01. The molecule has 0 saturated heterocycles. The Hall–Kier alpha value is -1.05. The number of methoxy groups -OCH3 is 1. The third kappa shape index (κ3) is 1.42. The SMILES string of the molecule is COc1[c]ccc(C)n1. The molecule has 1 rings (SSSR count). The summed E-state index contributed by atoms with van der Waals surface area (Å²) in [5.74, 6) is 0.551. The predicted molar refractivity (Wildman–Crippen MR) is 34.4 cm³/mol. The van der Waals surface area contributed by atoms with Crippen LogP contribution in [0.4, 0.5) is 0 Å². The Labute approximate surface area is 54.5 Å². The second-order valence-electron chi connectivity index (χ2n) is 1.74. The third-order valence-corrected chi connectivity index (χ3v) is 1.00. The van der Waals surface area contributed by atoms with E-state index >= 15 is 0 Å². The molecule has 47 valence electrons. The smallest absolute Gasteiger partial charge is 0.221 e. The summed E-state index contributed by atoms with van der Waals surface area (Å²) in [5.41, 5.74) is 0.950. The third-order valence-electron chi connectivity index (χ3n) is 1.00.